The lowest BCUT2D eigenvalue weighted by molar-refractivity contribution is -0.139. The zero-order valence-electron chi connectivity index (χ0n) is 11.6. The molecule has 0 saturated carbocycles. The molecule has 0 aromatic carbocycles. The van der Waals surface area contributed by atoms with Gasteiger partial charge in [0.1, 0.15) is 6.04 Å². The second-order valence-electron chi connectivity index (χ2n) is 4.27. The van der Waals surface area contributed by atoms with Gasteiger partial charge in [-0.05, 0) is 13.3 Å². The van der Waals surface area contributed by atoms with Crippen LogP contribution in [-0.2, 0) is 24.8 Å². The fraction of sp³-hybridized carbons (Fsp3) is 0.900. The molecule has 0 aromatic heterocycles. The van der Waals surface area contributed by atoms with Crippen molar-refractivity contribution in [3.63, 3.8) is 0 Å². The SMILES string of the molecule is CCCC[C@H](NS(=O)(=O)CCNS(=O)(=O)CC)C(=O)O. The summed E-state index contributed by atoms with van der Waals surface area (Å²) in [5.41, 5.74) is 0. The van der Waals surface area contributed by atoms with Crippen LogP contribution < -0.4 is 9.44 Å². The average molecular weight is 330 g/mol. The van der Waals surface area contributed by atoms with Gasteiger partial charge in [-0.1, -0.05) is 19.8 Å². The third-order valence-electron chi connectivity index (χ3n) is 2.54. The summed E-state index contributed by atoms with van der Waals surface area (Å²) in [5, 5.41) is 8.92. The quantitative estimate of drug-likeness (QED) is 0.468. The predicted molar refractivity (Wildman–Crippen MR) is 75.3 cm³/mol. The Labute approximate surface area is 120 Å². The molecule has 0 spiro atoms. The predicted octanol–water partition coefficient (Wildman–Crippen LogP) is -0.511. The van der Waals surface area contributed by atoms with Crippen LogP contribution in [0.25, 0.3) is 0 Å². The van der Waals surface area contributed by atoms with Crippen molar-refractivity contribution in [2.24, 2.45) is 0 Å². The summed E-state index contributed by atoms with van der Waals surface area (Å²) in [7, 11) is -7.30. The minimum atomic E-state index is -3.84. The summed E-state index contributed by atoms with van der Waals surface area (Å²) >= 11 is 0. The van der Waals surface area contributed by atoms with Crippen LogP contribution >= 0.6 is 0 Å². The van der Waals surface area contributed by atoms with Crippen LogP contribution in [0.2, 0.25) is 0 Å². The lowest BCUT2D eigenvalue weighted by Gasteiger charge is -2.14. The molecule has 0 saturated heterocycles. The Morgan fingerprint density at radius 1 is 1.15 bits per heavy atom. The van der Waals surface area contributed by atoms with Gasteiger partial charge in [0.05, 0.1) is 11.5 Å². The van der Waals surface area contributed by atoms with Crippen molar-refractivity contribution in [3.8, 4) is 0 Å². The van der Waals surface area contributed by atoms with Crippen LogP contribution in [0.5, 0.6) is 0 Å². The number of sulfonamides is 2. The van der Waals surface area contributed by atoms with Gasteiger partial charge < -0.3 is 5.11 Å². The number of aliphatic carboxylic acids is 1. The Morgan fingerprint density at radius 2 is 1.75 bits per heavy atom. The molecule has 0 rings (SSSR count). The standard InChI is InChI=1S/C10H22N2O6S2/c1-3-5-6-9(10(13)14)12-20(17,18)8-7-11-19(15,16)4-2/h9,11-12H,3-8H2,1-2H3,(H,13,14)/t9-/m0/s1. The van der Waals surface area contributed by atoms with Crippen molar-refractivity contribution in [3.05, 3.63) is 0 Å². The van der Waals surface area contributed by atoms with Gasteiger partial charge in [0.25, 0.3) is 0 Å². The molecule has 0 bridgehead atoms. The number of rotatable bonds is 11. The van der Waals surface area contributed by atoms with Crippen LogP contribution in [0.3, 0.4) is 0 Å². The molecule has 1 atom stereocenters. The summed E-state index contributed by atoms with van der Waals surface area (Å²) in [6.45, 7) is 3.01. The fourth-order valence-electron chi connectivity index (χ4n) is 1.35. The molecule has 3 N–H and O–H groups in total. The minimum Gasteiger partial charge on any atom is -0.480 e. The molecule has 10 heteroatoms. The number of carbonyl (C=O) groups is 1. The molecule has 0 unspecified atom stereocenters. The number of carboxylic acids is 1. The number of nitrogens with one attached hydrogen (secondary N) is 2. The van der Waals surface area contributed by atoms with E-state index in [0.29, 0.717) is 6.42 Å². The zero-order valence-corrected chi connectivity index (χ0v) is 13.3. The number of hydrogen-bond acceptors (Lipinski definition) is 5. The fourth-order valence-corrected chi connectivity index (χ4v) is 3.24. The van der Waals surface area contributed by atoms with Crippen molar-refractivity contribution in [2.45, 2.75) is 39.2 Å². The lowest BCUT2D eigenvalue weighted by Crippen LogP contribution is -2.43. The molecule has 0 aliphatic rings. The van der Waals surface area contributed by atoms with Gasteiger partial charge in [0.2, 0.25) is 20.0 Å². The molecule has 120 valence electrons. The molecule has 0 aliphatic carbocycles. The normalized spacial score (nSPS) is 14.1. The third-order valence-corrected chi connectivity index (χ3v) is 5.33. The summed E-state index contributed by atoms with van der Waals surface area (Å²) in [6, 6.07) is -1.18. The van der Waals surface area contributed by atoms with E-state index in [-0.39, 0.29) is 18.7 Å². The van der Waals surface area contributed by atoms with E-state index in [9.17, 15) is 21.6 Å². The Hall–Kier alpha value is -0.710. The Kier molecular flexibility index (Phi) is 8.25. The Morgan fingerprint density at radius 3 is 2.20 bits per heavy atom. The number of hydrogen-bond donors (Lipinski definition) is 3. The van der Waals surface area contributed by atoms with E-state index in [1.54, 1.807) is 0 Å². The summed E-state index contributed by atoms with van der Waals surface area (Å²) in [4.78, 5) is 10.9. The van der Waals surface area contributed by atoms with Crippen molar-refractivity contribution in [2.75, 3.05) is 18.1 Å². The molecule has 0 aromatic rings. The monoisotopic (exact) mass is 330 g/mol. The number of carboxylic acid groups (broad SMARTS) is 1. The maximum absolute atomic E-state index is 11.7. The van der Waals surface area contributed by atoms with Gasteiger partial charge in [-0.25, -0.2) is 26.3 Å². The number of unbranched alkanes of at least 4 members (excludes halogenated alkanes) is 1. The molecule has 8 nitrogen and oxygen atoms in total. The zero-order chi connectivity index (χ0) is 15.8. The first-order valence-corrected chi connectivity index (χ1v) is 9.64. The summed E-state index contributed by atoms with van der Waals surface area (Å²) < 4.78 is 49.8. The maximum Gasteiger partial charge on any atom is 0.321 e. The van der Waals surface area contributed by atoms with Crippen molar-refractivity contribution in [1.82, 2.24) is 9.44 Å². The van der Waals surface area contributed by atoms with E-state index < -0.39 is 37.8 Å². The first-order chi connectivity index (χ1) is 9.13. The van der Waals surface area contributed by atoms with E-state index in [2.05, 4.69) is 9.44 Å². The summed E-state index contributed by atoms with van der Waals surface area (Å²) in [6.07, 6.45) is 1.54. The molecule has 0 heterocycles. The smallest absolute Gasteiger partial charge is 0.321 e. The average Bonchev–Trinajstić information content (AvgIpc) is 2.33. The minimum absolute atomic E-state index is 0.144. The highest BCUT2D eigenvalue weighted by atomic mass is 32.2. The molecule has 0 amide bonds. The Bertz CT molecular complexity index is 500. The highest BCUT2D eigenvalue weighted by Crippen LogP contribution is 2.02. The first-order valence-electron chi connectivity index (χ1n) is 6.33. The lowest BCUT2D eigenvalue weighted by atomic mass is 10.1. The second kappa shape index (κ2) is 8.55. The highest BCUT2D eigenvalue weighted by Gasteiger charge is 2.23. The second-order valence-corrected chi connectivity index (χ2v) is 8.24. The maximum atomic E-state index is 11.7. The van der Waals surface area contributed by atoms with Gasteiger partial charge in [-0.3, -0.25) is 4.79 Å². The Balaban J connectivity index is 4.45. The highest BCUT2D eigenvalue weighted by molar-refractivity contribution is 7.90. The van der Waals surface area contributed by atoms with Crippen LogP contribution in [0, 0.1) is 0 Å². The molecule has 20 heavy (non-hydrogen) atoms. The molecular weight excluding hydrogens is 308 g/mol. The van der Waals surface area contributed by atoms with E-state index in [1.165, 1.54) is 6.92 Å². The van der Waals surface area contributed by atoms with E-state index in [0.717, 1.165) is 6.42 Å². The van der Waals surface area contributed by atoms with Gasteiger partial charge in [-0.2, -0.15) is 0 Å². The van der Waals surface area contributed by atoms with Crippen LogP contribution in [0.4, 0.5) is 0 Å². The van der Waals surface area contributed by atoms with Gasteiger partial charge in [0, 0.05) is 6.54 Å². The van der Waals surface area contributed by atoms with Gasteiger partial charge in [-0.15, -0.1) is 0 Å². The van der Waals surface area contributed by atoms with Gasteiger partial charge in [0.15, 0.2) is 0 Å². The summed E-state index contributed by atoms with van der Waals surface area (Å²) in [5.74, 6) is -1.88. The van der Waals surface area contributed by atoms with E-state index in [4.69, 9.17) is 5.11 Å². The first kappa shape index (κ1) is 19.3. The van der Waals surface area contributed by atoms with E-state index >= 15 is 0 Å². The van der Waals surface area contributed by atoms with E-state index in [1.807, 2.05) is 6.92 Å². The van der Waals surface area contributed by atoms with Crippen molar-refractivity contribution in [1.29, 1.82) is 0 Å². The topological polar surface area (TPSA) is 130 Å². The van der Waals surface area contributed by atoms with Gasteiger partial charge >= 0.3 is 5.97 Å². The largest absolute Gasteiger partial charge is 0.480 e. The molecule has 0 fully saturated rings. The molecule has 0 aliphatic heterocycles. The third kappa shape index (κ3) is 8.46. The van der Waals surface area contributed by atoms with Crippen molar-refractivity contribution < 1.29 is 26.7 Å². The van der Waals surface area contributed by atoms with Crippen molar-refractivity contribution >= 4 is 26.0 Å². The van der Waals surface area contributed by atoms with Crippen LogP contribution in [0.15, 0.2) is 0 Å². The van der Waals surface area contributed by atoms with Crippen LogP contribution in [-0.4, -0.2) is 52.0 Å². The van der Waals surface area contributed by atoms with Crippen LogP contribution in [0.1, 0.15) is 33.1 Å². The molecule has 0 radical (unpaired) electrons. The molecular formula is C10H22N2O6S2.